The topological polar surface area (TPSA) is 21.3 Å². The Balaban J connectivity index is 1.78. The van der Waals surface area contributed by atoms with Crippen LogP contribution < -0.4 is 10.1 Å². The predicted octanol–water partition coefficient (Wildman–Crippen LogP) is 4.93. The van der Waals surface area contributed by atoms with Crippen LogP contribution in [0.4, 0.5) is 0 Å². The summed E-state index contributed by atoms with van der Waals surface area (Å²) in [5.41, 5.74) is 2.57. The van der Waals surface area contributed by atoms with Crippen molar-refractivity contribution in [1.82, 2.24) is 5.32 Å². The number of hydrogen-bond donors (Lipinski definition) is 1. The van der Waals surface area contributed by atoms with Gasteiger partial charge in [0.1, 0.15) is 5.75 Å². The Hall–Kier alpha value is -0.840. The first-order chi connectivity index (χ1) is 10.1. The summed E-state index contributed by atoms with van der Waals surface area (Å²) in [6.45, 7) is 6.16. The fraction of sp³-hybridized carbons (Fsp3) is 0.412. The normalized spacial score (nSPS) is 15.0. The number of ether oxygens (including phenoxy) is 1. The molecule has 3 rings (SSSR count). The highest BCUT2D eigenvalue weighted by atomic mass is 79.9. The van der Waals surface area contributed by atoms with Crippen LogP contribution in [0.25, 0.3) is 0 Å². The molecule has 21 heavy (non-hydrogen) atoms. The van der Waals surface area contributed by atoms with E-state index in [2.05, 4.69) is 64.7 Å². The van der Waals surface area contributed by atoms with E-state index >= 15 is 0 Å². The van der Waals surface area contributed by atoms with Crippen LogP contribution in [-0.2, 0) is 13.0 Å². The maximum Gasteiger partial charge on any atom is 0.127 e. The van der Waals surface area contributed by atoms with E-state index in [1.807, 2.05) is 11.3 Å². The van der Waals surface area contributed by atoms with Gasteiger partial charge in [-0.05, 0) is 35.1 Å². The lowest BCUT2D eigenvalue weighted by molar-refractivity contribution is 0.349. The highest BCUT2D eigenvalue weighted by Gasteiger charge is 2.20. The Labute approximate surface area is 138 Å². The molecule has 1 aromatic heterocycles. The first-order valence-corrected chi connectivity index (χ1v) is 9.03. The minimum atomic E-state index is 0.390. The van der Waals surface area contributed by atoms with E-state index in [1.54, 1.807) is 0 Å². The molecule has 0 aliphatic carbocycles. The van der Waals surface area contributed by atoms with Gasteiger partial charge in [-0.25, -0.2) is 0 Å². The number of rotatable bonds is 5. The molecule has 4 heteroatoms. The van der Waals surface area contributed by atoms with Gasteiger partial charge >= 0.3 is 0 Å². The molecule has 0 radical (unpaired) electrons. The van der Waals surface area contributed by atoms with Gasteiger partial charge in [0.2, 0.25) is 0 Å². The molecule has 0 saturated carbocycles. The summed E-state index contributed by atoms with van der Waals surface area (Å²) in [6, 6.07) is 9.07. The van der Waals surface area contributed by atoms with Crippen molar-refractivity contribution in [2.45, 2.75) is 32.9 Å². The van der Waals surface area contributed by atoms with E-state index in [0.717, 1.165) is 29.8 Å². The SMILES string of the molecule is CC(C)C(NCc1cc(Br)cc2c1OCC2)c1cccs1. The van der Waals surface area contributed by atoms with Crippen molar-refractivity contribution in [2.75, 3.05) is 6.61 Å². The van der Waals surface area contributed by atoms with E-state index in [1.165, 1.54) is 16.0 Å². The number of hydrogen-bond acceptors (Lipinski definition) is 3. The molecular weight excluding hydrogens is 346 g/mol. The van der Waals surface area contributed by atoms with Gasteiger partial charge in [-0.1, -0.05) is 35.8 Å². The summed E-state index contributed by atoms with van der Waals surface area (Å²) in [4.78, 5) is 1.40. The Kier molecular flexibility index (Phi) is 4.67. The van der Waals surface area contributed by atoms with E-state index < -0.39 is 0 Å². The zero-order valence-electron chi connectivity index (χ0n) is 12.4. The van der Waals surface area contributed by atoms with Gasteiger partial charge < -0.3 is 10.1 Å². The molecular formula is C17H20BrNOS. The summed E-state index contributed by atoms with van der Waals surface area (Å²) in [5.74, 6) is 1.64. The third-order valence-corrected chi connectivity index (χ3v) is 5.27. The Morgan fingerprint density at radius 3 is 2.95 bits per heavy atom. The summed E-state index contributed by atoms with van der Waals surface area (Å²) in [7, 11) is 0. The molecule has 0 spiro atoms. The van der Waals surface area contributed by atoms with Crippen molar-refractivity contribution in [1.29, 1.82) is 0 Å². The molecule has 2 aromatic rings. The predicted molar refractivity (Wildman–Crippen MR) is 92.1 cm³/mol. The molecule has 0 amide bonds. The molecule has 0 fully saturated rings. The second kappa shape index (κ2) is 6.51. The van der Waals surface area contributed by atoms with E-state index in [9.17, 15) is 0 Å². The number of halogens is 1. The maximum absolute atomic E-state index is 5.81. The van der Waals surface area contributed by atoms with Gasteiger partial charge in [-0.2, -0.15) is 0 Å². The summed E-state index contributed by atoms with van der Waals surface area (Å²) >= 11 is 5.43. The molecule has 1 atom stereocenters. The molecule has 1 unspecified atom stereocenters. The van der Waals surface area contributed by atoms with Crippen LogP contribution in [0.1, 0.15) is 35.9 Å². The molecule has 2 heterocycles. The van der Waals surface area contributed by atoms with Crippen LogP contribution in [0, 0.1) is 5.92 Å². The van der Waals surface area contributed by atoms with Gasteiger partial charge in [-0.3, -0.25) is 0 Å². The van der Waals surface area contributed by atoms with Crippen LogP contribution in [0.3, 0.4) is 0 Å². The zero-order chi connectivity index (χ0) is 14.8. The lowest BCUT2D eigenvalue weighted by Gasteiger charge is -2.22. The van der Waals surface area contributed by atoms with Crippen molar-refractivity contribution in [3.63, 3.8) is 0 Å². The fourth-order valence-electron chi connectivity index (χ4n) is 2.83. The maximum atomic E-state index is 5.81. The fourth-order valence-corrected chi connectivity index (χ4v) is 4.36. The molecule has 0 bridgehead atoms. The number of fused-ring (bicyclic) bond motifs is 1. The summed E-state index contributed by atoms with van der Waals surface area (Å²) < 4.78 is 6.95. The highest BCUT2D eigenvalue weighted by molar-refractivity contribution is 9.10. The van der Waals surface area contributed by atoms with Gasteiger partial charge in [0, 0.05) is 33.9 Å². The zero-order valence-corrected chi connectivity index (χ0v) is 14.8. The van der Waals surface area contributed by atoms with Crippen LogP contribution in [0.5, 0.6) is 5.75 Å². The lowest BCUT2D eigenvalue weighted by atomic mass is 10.0. The number of benzene rings is 1. The minimum Gasteiger partial charge on any atom is -0.493 e. The van der Waals surface area contributed by atoms with Gasteiger partial charge in [0.25, 0.3) is 0 Å². The molecule has 1 aliphatic heterocycles. The van der Waals surface area contributed by atoms with Gasteiger partial charge in [0.15, 0.2) is 0 Å². The van der Waals surface area contributed by atoms with E-state index in [-0.39, 0.29) is 0 Å². The van der Waals surface area contributed by atoms with Crippen molar-refractivity contribution in [3.05, 3.63) is 50.1 Å². The Bertz CT molecular complexity index is 610. The third-order valence-electron chi connectivity index (χ3n) is 3.85. The van der Waals surface area contributed by atoms with Gasteiger partial charge in [0.05, 0.1) is 6.61 Å². The summed E-state index contributed by atoms with van der Waals surface area (Å²) in [6.07, 6.45) is 1.01. The smallest absolute Gasteiger partial charge is 0.127 e. The molecule has 2 nitrogen and oxygen atoms in total. The average molecular weight is 366 g/mol. The van der Waals surface area contributed by atoms with Crippen molar-refractivity contribution in [2.24, 2.45) is 5.92 Å². The van der Waals surface area contributed by atoms with Crippen molar-refractivity contribution in [3.8, 4) is 5.75 Å². The number of thiophene rings is 1. The van der Waals surface area contributed by atoms with Crippen LogP contribution in [0.15, 0.2) is 34.1 Å². The van der Waals surface area contributed by atoms with Crippen LogP contribution in [-0.4, -0.2) is 6.61 Å². The third kappa shape index (κ3) is 3.33. The van der Waals surface area contributed by atoms with Crippen LogP contribution in [0.2, 0.25) is 0 Å². The highest BCUT2D eigenvalue weighted by Crippen LogP contribution is 2.34. The van der Waals surface area contributed by atoms with E-state index in [4.69, 9.17) is 4.74 Å². The minimum absolute atomic E-state index is 0.390. The van der Waals surface area contributed by atoms with Crippen LogP contribution >= 0.6 is 27.3 Å². The second-order valence-electron chi connectivity index (χ2n) is 5.77. The Morgan fingerprint density at radius 2 is 2.24 bits per heavy atom. The molecule has 1 aliphatic rings. The average Bonchev–Trinajstić information content (AvgIpc) is 3.08. The van der Waals surface area contributed by atoms with E-state index in [0.29, 0.717) is 12.0 Å². The molecule has 1 aromatic carbocycles. The van der Waals surface area contributed by atoms with Crippen molar-refractivity contribution >= 4 is 27.3 Å². The first-order valence-electron chi connectivity index (χ1n) is 7.36. The summed E-state index contributed by atoms with van der Waals surface area (Å²) in [5, 5.41) is 5.85. The lowest BCUT2D eigenvalue weighted by Crippen LogP contribution is -2.24. The quantitative estimate of drug-likeness (QED) is 0.810. The number of nitrogens with one attached hydrogen (secondary N) is 1. The largest absolute Gasteiger partial charge is 0.493 e. The monoisotopic (exact) mass is 365 g/mol. The first kappa shape index (κ1) is 15.1. The standard InChI is InChI=1S/C17H20BrNOS/c1-11(2)16(15-4-3-7-21-15)19-10-13-9-14(18)8-12-5-6-20-17(12)13/h3-4,7-9,11,16,19H,5-6,10H2,1-2H3. The second-order valence-corrected chi connectivity index (χ2v) is 7.66. The molecule has 0 saturated heterocycles. The van der Waals surface area contributed by atoms with Gasteiger partial charge in [-0.15, -0.1) is 11.3 Å². The molecule has 1 N–H and O–H groups in total. The molecule has 112 valence electrons. The van der Waals surface area contributed by atoms with Crippen molar-refractivity contribution < 1.29 is 4.74 Å². The Morgan fingerprint density at radius 1 is 1.38 bits per heavy atom.